The minimum atomic E-state index is -1.23. The zero-order chi connectivity index (χ0) is 21.4. The van der Waals surface area contributed by atoms with Crippen LogP contribution < -0.4 is 11.1 Å². The number of hydrogen-bond donors (Lipinski definition) is 2. The minimum Gasteiger partial charge on any atom is -0.466 e. The number of nitro benzene ring substituents is 1. The Morgan fingerprint density at radius 2 is 1.72 bits per heavy atom. The Hall–Kier alpha value is -3.75. The largest absolute Gasteiger partial charge is 0.466 e. The number of nitrogens with one attached hydrogen (secondary N) is 1. The van der Waals surface area contributed by atoms with E-state index in [2.05, 4.69) is 5.32 Å². The molecule has 0 fully saturated rings. The molecule has 152 valence electrons. The van der Waals surface area contributed by atoms with Gasteiger partial charge in [-0.3, -0.25) is 24.5 Å². The number of primary amides is 1. The Bertz CT molecular complexity index is 883. The Balaban J connectivity index is 2.36. The van der Waals surface area contributed by atoms with Crippen molar-refractivity contribution in [3.05, 3.63) is 75.8 Å². The van der Waals surface area contributed by atoms with Gasteiger partial charge in [0, 0.05) is 23.6 Å². The number of non-ortho nitro benzene ring substituents is 1. The van der Waals surface area contributed by atoms with Crippen molar-refractivity contribution in [2.24, 2.45) is 5.73 Å². The average Bonchev–Trinajstić information content (AvgIpc) is 2.71. The predicted octanol–water partition coefficient (Wildman–Crippen LogP) is 1.92. The molecule has 0 saturated heterocycles. The Kier molecular flexibility index (Phi) is 7.41. The molecule has 2 aromatic rings. The molecule has 0 spiro atoms. The van der Waals surface area contributed by atoms with Gasteiger partial charge in [-0.2, -0.15) is 0 Å². The number of ether oxygens (including phenoxy) is 1. The van der Waals surface area contributed by atoms with Gasteiger partial charge in [-0.1, -0.05) is 30.3 Å². The molecule has 0 aliphatic carbocycles. The molecule has 0 aliphatic heterocycles. The van der Waals surface area contributed by atoms with Gasteiger partial charge in [0.05, 0.1) is 18.0 Å². The van der Waals surface area contributed by atoms with Crippen LogP contribution in [0.2, 0.25) is 0 Å². The van der Waals surface area contributed by atoms with Crippen molar-refractivity contribution in [2.45, 2.75) is 25.3 Å². The summed E-state index contributed by atoms with van der Waals surface area (Å²) in [6.45, 7) is 1.78. The first kappa shape index (κ1) is 21.5. The highest BCUT2D eigenvalue weighted by atomic mass is 16.6. The molecule has 0 aliphatic rings. The second kappa shape index (κ2) is 9.98. The van der Waals surface area contributed by atoms with Crippen molar-refractivity contribution < 1.29 is 24.0 Å². The monoisotopic (exact) mass is 399 g/mol. The summed E-state index contributed by atoms with van der Waals surface area (Å²) < 4.78 is 4.96. The molecule has 9 heteroatoms. The highest BCUT2D eigenvalue weighted by Gasteiger charge is 2.32. The summed E-state index contributed by atoms with van der Waals surface area (Å²) in [7, 11) is 0. The fourth-order valence-electron chi connectivity index (χ4n) is 2.85. The van der Waals surface area contributed by atoms with Crippen LogP contribution in [0.5, 0.6) is 0 Å². The van der Waals surface area contributed by atoms with Gasteiger partial charge in [-0.05, 0) is 24.6 Å². The lowest BCUT2D eigenvalue weighted by Crippen LogP contribution is -2.48. The third-order valence-corrected chi connectivity index (χ3v) is 4.26. The van der Waals surface area contributed by atoms with Crippen molar-refractivity contribution in [1.82, 2.24) is 5.32 Å². The summed E-state index contributed by atoms with van der Waals surface area (Å²) >= 11 is 0. The molecular formula is C20H21N3O6. The molecule has 29 heavy (non-hydrogen) atoms. The predicted molar refractivity (Wildman–Crippen MR) is 104 cm³/mol. The van der Waals surface area contributed by atoms with Crippen LogP contribution in [-0.2, 0) is 14.3 Å². The van der Waals surface area contributed by atoms with Crippen LogP contribution in [0.1, 0.15) is 35.2 Å². The molecule has 0 saturated carbocycles. The molecule has 0 bridgehead atoms. The van der Waals surface area contributed by atoms with E-state index in [1.165, 1.54) is 24.3 Å². The maximum atomic E-state index is 12.5. The van der Waals surface area contributed by atoms with E-state index in [1.807, 2.05) is 0 Å². The summed E-state index contributed by atoms with van der Waals surface area (Å²) in [5.74, 6) is -2.83. The lowest BCUT2D eigenvalue weighted by molar-refractivity contribution is -0.384. The SMILES string of the molecule is CCOC(=O)C[C@H](c1ccc([N+](=O)[O-])cc1)[C@H](NC(=O)c1ccccc1)C(N)=O. The van der Waals surface area contributed by atoms with Crippen molar-refractivity contribution in [3.8, 4) is 0 Å². The van der Waals surface area contributed by atoms with Crippen LogP contribution in [-0.4, -0.2) is 35.4 Å². The van der Waals surface area contributed by atoms with Crippen LogP contribution in [0.25, 0.3) is 0 Å². The third-order valence-electron chi connectivity index (χ3n) is 4.26. The number of esters is 1. The van der Waals surface area contributed by atoms with Gasteiger partial charge in [-0.15, -0.1) is 0 Å². The number of nitro groups is 1. The Labute approximate surface area is 167 Å². The Morgan fingerprint density at radius 1 is 1.10 bits per heavy atom. The van der Waals surface area contributed by atoms with Crippen molar-refractivity contribution in [3.63, 3.8) is 0 Å². The van der Waals surface area contributed by atoms with E-state index in [0.717, 1.165) is 0 Å². The van der Waals surface area contributed by atoms with Crippen LogP contribution in [0.15, 0.2) is 54.6 Å². The molecule has 2 atom stereocenters. The fraction of sp³-hybridized carbons (Fsp3) is 0.250. The lowest BCUT2D eigenvalue weighted by Gasteiger charge is -2.25. The smallest absolute Gasteiger partial charge is 0.306 e. The van der Waals surface area contributed by atoms with E-state index in [1.54, 1.807) is 37.3 Å². The summed E-state index contributed by atoms with van der Waals surface area (Å²) in [5.41, 5.74) is 6.12. The minimum absolute atomic E-state index is 0.142. The second-order valence-electron chi connectivity index (χ2n) is 6.18. The number of carbonyl (C=O) groups is 3. The zero-order valence-corrected chi connectivity index (χ0v) is 15.7. The molecule has 0 unspecified atom stereocenters. The molecular weight excluding hydrogens is 378 g/mol. The van der Waals surface area contributed by atoms with E-state index in [9.17, 15) is 24.5 Å². The summed E-state index contributed by atoms with van der Waals surface area (Å²) in [4.78, 5) is 47.1. The summed E-state index contributed by atoms with van der Waals surface area (Å²) in [5, 5.41) is 13.5. The molecule has 0 aromatic heterocycles. The number of nitrogens with two attached hydrogens (primary N) is 1. The third kappa shape index (κ3) is 5.86. The molecule has 3 N–H and O–H groups in total. The van der Waals surface area contributed by atoms with E-state index in [0.29, 0.717) is 11.1 Å². The molecule has 0 radical (unpaired) electrons. The first-order valence-electron chi connectivity index (χ1n) is 8.88. The van der Waals surface area contributed by atoms with E-state index in [-0.39, 0.29) is 18.7 Å². The molecule has 2 amide bonds. The first-order valence-corrected chi connectivity index (χ1v) is 8.88. The number of nitrogens with zero attached hydrogens (tertiary/aromatic N) is 1. The topological polar surface area (TPSA) is 142 Å². The number of rotatable bonds is 9. The quantitative estimate of drug-likeness (QED) is 0.375. The van der Waals surface area contributed by atoms with E-state index in [4.69, 9.17) is 10.5 Å². The van der Waals surface area contributed by atoms with Gasteiger partial charge in [0.15, 0.2) is 0 Å². The number of carbonyl (C=O) groups excluding carboxylic acids is 3. The standard InChI is InChI=1S/C20H21N3O6/c1-2-29-17(24)12-16(13-8-10-15(11-9-13)23(27)28)18(19(21)25)22-20(26)14-6-4-3-5-7-14/h3-11,16,18H,2,12H2,1H3,(H2,21,25)(H,22,26)/t16-,18+/m1/s1. The van der Waals surface area contributed by atoms with E-state index < -0.39 is 34.7 Å². The van der Waals surface area contributed by atoms with Gasteiger partial charge in [0.2, 0.25) is 5.91 Å². The summed E-state index contributed by atoms with van der Waals surface area (Å²) in [6, 6.07) is 12.3. The highest BCUT2D eigenvalue weighted by Crippen LogP contribution is 2.27. The molecule has 2 aromatic carbocycles. The maximum Gasteiger partial charge on any atom is 0.306 e. The van der Waals surface area contributed by atoms with Crippen LogP contribution >= 0.6 is 0 Å². The molecule has 2 rings (SSSR count). The van der Waals surface area contributed by atoms with Gasteiger partial charge in [-0.25, -0.2) is 0 Å². The van der Waals surface area contributed by atoms with Gasteiger partial charge < -0.3 is 15.8 Å². The van der Waals surface area contributed by atoms with Crippen LogP contribution in [0, 0.1) is 10.1 Å². The van der Waals surface area contributed by atoms with Crippen molar-refractivity contribution >= 4 is 23.5 Å². The number of amides is 2. The molecule has 9 nitrogen and oxygen atoms in total. The fourth-order valence-corrected chi connectivity index (χ4v) is 2.85. The van der Waals surface area contributed by atoms with Crippen LogP contribution in [0.3, 0.4) is 0 Å². The van der Waals surface area contributed by atoms with Gasteiger partial charge in [0.25, 0.3) is 11.6 Å². The second-order valence-corrected chi connectivity index (χ2v) is 6.18. The van der Waals surface area contributed by atoms with Gasteiger partial charge >= 0.3 is 5.97 Å². The van der Waals surface area contributed by atoms with Crippen LogP contribution in [0.4, 0.5) is 5.69 Å². The first-order chi connectivity index (χ1) is 13.8. The van der Waals surface area contributed by atoms with E-state index >= 15 is 0 Å². The molecule has 0 heterocycles. The highest BCUT2D eigenvalue weighted by molar-refractivity contribution is 5.97. The maximum absolute atomic E-state index is 12.5. The number of hydrogen-bond acceptors (Lipinski definition) is 6. The Morgan fingerprint density at radius 3 is 2.24 bits per heavy atom. The number of benzene rings is 2. The average molecular weight is 399 g/mol. The lowest BCUT2D eigenvalue weighted by atomic mass is 9.87. The van der Waals surface area contributed by atoms with Crippen molar-refractivity contribution in [1.29, 1.82) is 0 Å². The zero-order valence-electron chi connectivity index (χ0n) is 15.7. The normalized spacial score (nSPS) is 12.4. The van der Waals surface area contributed by atoms with Gasteiger partial charge in [0.1, 0.15) is 6.04 Å². The van der Waals surface area contributed by atoms with Crippen molar-refractivity contribution in [2.75, 3.05) is 6.61 Å². The summed E-state index contributed by atoms with van der Waals surface area (Å²) in [6.07, 6.45) is -0.242.